The Morgan fingerprint density at radius 3 is 2.53 bits per heavy atom. The van der Waals surface area contributed by atoms with Crippen LogP contribution in [0.1, 0.15) is 47.3 Å². The smallest absolute Gasteiger partial charge is 0.253 e. The molecule has 2 aromatic rings. The highest BCUT2D eigenvalue weighted by Gasteiger charge is 2.23. The monoisotopic (exact) mass is 523 g/mol. The standard InChI is InChI=1S/C31H45N3O4/c1-25(2)9-10-33-16-18-37-19-20-38-30-8-7-28(23-29(30)22-26-5-4-6-27(21-26)24-33)31(35)34-13-11-32(12-14-34)15-17-36-3/h4-8,21,23,25H,9-20,22,24H2,1-3H3. The normalized spacial score (nSPS) is 18.1. The van der Waals surface area contributed by atoms with Crippen LogP contribution >= 0.6 is 0 Å². The SMILES string of the molecule is COCCN1CCN(C(=O)c2ccc3c(c2)Cc2cccc(c2)CN(CCC(C)C)CCOCCO3)CC1. The number of nitrogens with zero attached hydrogens (tertiary/aromatic N) is 3. The van der Waals surface area contributed by atoms with Crippen molar-refractivity contribution < 1.29 is 19.0 Å². The van der Waals surface area contributed by atoms with Crippen molar-refractivity contribution in [1.82, 2.24) is 14.7 Å². The molecule has 7 heteroatoms. The minimum absolute atomic E-state index is 0.0940. The fraction of sp³-hybridized carbons (Fsp3) is 0.581. The van der Waals surface area contributed by atoms with E-state index in [0.29, 0.717) is 25.7 Å². The number of methoxy groups -OCH3 is 1. The lowest BCUT2D eigenvalue weighted by Crippen LogP contribution is -2.49. The molecular weight excluding hydrogens is 478 g/mol. The second-order valence-corrected chi connectivity index (χ2v) is 10.9. The number of benzene rings is 2. The van der Waals surface area contributed by atoms with Gasteiger partial charge in [-0.3, -0.25) is 14.6 Å². The van der Waals surface area contributed by atoms with E-state index in [2.05, 4.69) is 47.9 Å². The van der Waals surface area contributed by atoms with Crippen molar-refractivity contribution in [3.8, 4) is 5.75 Å². The van der Waals surface area contributed by atoms with Gasteiger partial charge in [0.05, 0.1) is 19.8 Å². The van der Waals surface area contributed by atoms with Gasteiger partial charge in [0.25, 0.3) is 5.91 Å². The molecule has 0 radical (unpaired) electrons. The number of hydrogen-bond donors (Lipinski definition) is 0. The fourth-order valence-corrected chi connectivity index (χ4v) is 5.10. The second kappa shape index (κ2) is 14.6. The van der Waals surface area contributed by atoms with Gasteiger partial charge in [-0.15, -0.1) is 0 Å². The van der Waals surface area contributed by atoms with E-state index >= 15 is 0 Å². The maximum absolute atomic E-state index is 13.4. The van der Waals surface area contributed by atoms with Gasteiger partial charge in [-0.05, 0) is 53.8 Å². The van der Waals surface area contributed by atoms with E-state index in [1.807, 2.05) is 23.1 Å². The molecule has 1 fully saturated rings. The van der Waals surface area contributed by atoms with Crippen LogP contribution in [0.2, 0.25) is 0 Å². The molecular formula is C31H45N3O4. The summed E-state index contributed by atoms with van der Waals surface area (Å²) in [6.07, 6.45) is 1.90. The van der Waals surface area contributed by atoms with Crippen molar-refractivity contribution in [3.63, 3.8) is 0 Å². The van der Waals surface area contributed by atoms with Crippen molar-refractivity contribution >= 4 is 5.91 Å². The first-order valence-corrected chi connectivity index (χ1v) is 14.2. The van der Waals surface area contributed by atoms with Gasteiger partial charge >= 0.3 is 0 Å². The van der Waals surface area contributed by atoms with E-state index in [0.717, 1.165) is 82.3 Å². The maximum atomic E-state index is 13.4. The number of carbonyl (C=O) groups excluding carboxylic acids is 1. The van der Waals surface area contributed by atoms with Gasteiger partial charge in [-0.2, -0.15) is 0 Å². The molecule has 2 bridgehead atoms. The van der Waals surface area contributed by atoms with Gasteiger partial charge < -0.3 is 19.1 Å². The van der Waals surface area contributed by atoms with Crippen LogP contribution in [0, 0.1) is 5.92 Å². The van der Waals surface area contributed by atoms with Crippen LogP contribution < -0.4 is 4.74 Å². The number of piperazine rings is 1. The van der Waals surface area contributed by atoms with E-state index in [1.165, 1.54) is 17.5 Å². The molecule has 1 saturated heterocycles. The first kappa shape index (κ1) is 28.6. The zero-order chi connectivity index (χ0) is 26.7. The van der Waals surface area contributed by atoms with Gasteiger partial charge in [0.15, 0.2) is 0 Å². The molecule has 0 saturated carbocycles. The zero-order valence-electron chi connectivity index (χ0n) is 23.5. The minimum atomic E-state index is 0.0940. The average molecular weight is 524 g/mol. The molecule has 4 rings (SSSR count). The average Bonchev–Trinajstić information content (AvgIpc) is 2.92. The molecule has 0 spiro atoms. The highest BCUT2D eigenvalue weighted by atomic mass is 16.5. The summed E-state index contributed by atoms with van der Waals surface area (Å²) in [4.78, 5) is 20.2. The third-order valence-corrected chi connectivity index (χ3v) is 7.43. The summed E-state index contributed by atoms with van der Waals surface area (Å²) >= 11 is 0. The zero-order valence-corrected chi connectivity index (χ0v) is 23.5. The Morgan fingerprint density at radius 2 is 1.74 bits per heavy atom. The molecule has 0 unspecified atom stereocenters. The highest BCUT2D eigenvalue weighted by Crippen LogP contribution is 2.25. The van der Waals surface area contributed by atoms with Gasteiger partial charge in [0.1, 0.15) is 12.4 Å². The Kier molecular flexibility index (Phi) is 11.0. The Bertz CT molecular complexity index is 1020. The molecule has 2 aliphatic rings. The Morgan fingerprint density at radius 1 is 0.921 bits per heavy atom. The number of hydrogen-bond acceptors (Lipinski definition) is 6. The molecule has 0 aliphatic carbocycles. The third-order valence-electron chi connectivity index (χ3n) is 7.43. The molecule has 208 valence electrons. The summed E-state index contributed by atoms with van der Waals surface area (Å²) in [7, 11) is 1.73. The summed E-state index contributed by atoms with van der Waals surface area (Å²) in [5.74, 6) is 1.60. The minimum Gasteiger partial charge on any atom is -0.491 e. The molecule has 1 amide bonds. The van der Waals surface area contributed by atoms with Gasteiger partial charge in [-0.1, -0.05) is 38.1 Å². The Labute approximate surface area is 228 Å². The van der Waals surface area contributed by atoms with Crippen molar-refractivity contribution in [3.05, 3.63) is 64.7 Å². The summed E-state index contributed by atoms with van der Waals surface area (Å²) in [5.41, 5.74) is 4.32. The number of fused-ring (bicyclic) bond motifs is 3. The summed E-state index contributed by atoms with van der Waals surface area (Å²) < 4.78 is 17.3. The van der Waals surface area contributed by atoms with Gasteiger partial charge in [-0.25, -0.2) is 0 Å². The molecule has 0 N–H and O–H groups in total. The quantitative estimate of drug-likeness (QED) is 0.548. The van der Waals surface area contributed by atoms with Crippen LogP contribution in [0.5, 0.6) is 5.75 Å². The Balaban J connectivity index is 1.50. The number of ether oxygens (including phenoxy) is 3. The van der Waals surface area contributed by atoms with Crippen LogP contribution in [0.15, 0.2) is 42.5 Å². The third kappa shape index (κ3) is 8.53. The van der Waals surface area contributed by atoms with Crippen molar-refractivity contribution in [2.24, 2.45) is 5.92 Å². The van der Waals surface area contributed by atoms with E-state index in [-0.39, 0.29) is 5.91 Å². The lowest BCUT2D eigenvalue weighted by molar-refractivity contribution is 0.0594. The van der Waals surface area contributed by atoms with Crippen LogP contribution in [0.25, 0.3) is 0 Å². The second-order valence-electron chi connectivity index (χ2n) is 10.9. The topological polar surface area (TPSA) is 54.5 Å². The predicted octanol–water partition coefficient (Wildman–Crippen LogP) is 3.94. The van der Waals surface area contributed by atoms with Crippen molar-refractivity contribution in [2.75, 3.05) is 79.4 Å². The van der Waals surface area contributed by atoms with Gasteiger partial charge in [0, 0.05) is 64.9 Å². The molecule has 2 heterocycles. The van der Waals surface area contributed by atoms with Crippen molar-refractivity contribution in [2.45, 2.75) is 33.2 Å². The molecule has 0 atom stereocenters. The van der Waals surface area contributed by atoms with Crippen LogP contribution in [0.3, 0.4) is 0 Å². The fourth-order valence-electron chi connectivity index (χ4n) is 5.10. The lowest BCUT2D eigenvalue weighted by atomic mass is 9.99. The van der Waals surface area contributed by atoms with Crippen LogP contribution in [-0.2, 0) is 22.4 Å². The number of rotatable bonds is 7. The molecule has 2 aromatic carbocycles. The molecule has 38 heavy (non-hydrogen) atoms. The van der Waals surface area contributed by atoms with Crippen LogP contribution in [-0.4, -0.2) is 100.0 Å². The Hall–Kier alpha value is -2.45. The van der Waals surface area contributed by atoms with Crippen LogP contribution in [0.4, 0.5) is 0 Å². The van der Waals surface area contributed by atoms with E-state index in [4.69, 9.17) is 14.2 Å². The number of amides is 1. The van der Waals surface area contributed by atoms with Gasteiger partial charge in [0.2, 0.25) is 0 Å². The predicted molar refractivity (Wildman–Crippen MR) is 151 cm³/mol. The lowest BCUT2D eigenvalue weighted by Gasteiger charge is -2.34. The summed E-state index contributed by atoms with van der Waals surface area (Å²) in [6, 6.07) is 14.7. The van der Waals surface area contributed by atoms with E-state index < -0.39 is 0 Å². The molecule has 7 nitrogen and oxygen atoms in total. The number of carbonyl (C=O) groups is 1. The largest absolute Gasteiger partial charge is 0.491 e. The molecule has 0 aromatic heterocycles. The summed E-state index contributed by atoms with van der Waals surface area (Å²) in [6.45, 7) is 14.1. The van der Waals surface area contributed by atoms with E-state index in [9.17, 15) is 4.79 Å². The first-order valence-electron chi connectivity index (χ1n) is 14.2. The summed E-state index contributed by atoms with van der Waals surface area (Å²) in [5, 5.41) is 0. The highest BCUT2D eigenvalue weighted by molar-refractivity contribution is 5.94. The maximum Gasteiger partial charge on any atom is 0.253 e. The van der Waals surface area contributed by atoms with E-state index in [1.54, 1.807) is 7.11 Å². The molecule has 2 aliphatic heterocycles. The van der Waals surface area contributed by atoms with Crippen molar-refractivity contribution in [1.29, 1.82) is 0 Å². The first-order chi connectivity index (χ1) is 18.5.